The fourth-order valence-corrected chi connectivity index (χ4v) is 4.32. The van der Waals surface area contributed by atoms with Crippen LogP contribution in [0.4, 0.5) is 0 Å². The van der Waals surface area contributed by atoms with Crippen LogP contribution in [0.3, 0.4) is 0 Å². The van der Waals surface area contributed by atoms with Crippen molar-refractivity contribution in [2.75, 3.05) is 20.5 Å². The SMILES string of the molecule is COc1ccc(/C=C2\CCCC3=C2NC(SC)=NC3c2ccc(OC)cc2)cc1. The number of benzene rings is 2. The van der Waals surface area contributed by atoms with Gasteiger partial charge in [-0.05, 0) is 78.1 Å². The lowest BCUT2D eigenvalue weighted by atomic mass is 9.84. The molecule has 1 N–H and O–H groups in total. The molecule has 0 radical (unpaired) electrons. The molecule has 1 atom stereocenters. The summed E-state index contributed by atoms with van der Waals surface area (Å²) in [5.41, 5.74) is 6.35. The molecular formula is C24H26N2O2S. The Hall–Kier alpha value is -2.66. The molecular weight excluding hydrogens is 380 g/mol. The first-order chi connectivity index (χ1) is 14.2. The first-order valence-corrected chi connectivity index (χ1v) is 11.0. The highest BCUT2D eigenvalue weighted by Gasteiger charge is 2.29. The van der Waals surface area contributed by atoms with E-state index in [0.717, 1.165) is 35.9 Å². The maximum absolute atomic E-state index is 5.32. The minimum atomic E-state index is 0.0548. The van der Waals surface area contributed by atoms with Crippen molar-refractivity contribution in [3.05, 3.63) is 76.5 Å². The third-order valence-corrected chi connectivity index (χ3v) is 6.02. The van der Waals surface area contributed by atoms with Gasteiger partial charge in [-0.15, -0.1) is 0 Å². The van der Waals surface area contributed by atoms with Gasteiger partial charge in [-0.25, -0.2) is 4.99 Å². The standard InChI is InChI=1S/C24H26N2O2S/c1-27-19-11-7-16(8-12-19)15-18-5-4-6-21-22(25-24(29-3)26-23(18)21)17-9-13-20(28-2)14-10-17/h7-15,22H,4-6H2,1-3H3,(H,25,26)/b18-15+. The predicted octanol–water partition coefficient (Wildman–Crippen LogP) is 5.59. The monoisotopic (exact) mass is 406 g/mol. The minimum absolute atomic E-state index is 0.0548. The summed E-state index contributed by atoms with van der Waals surface area (Å²) < 4.78 is 10.6. The fraction of sp³-hybridized carbons (Fsp3) is 0.292. The molecule has 0 spiro atoms. The van der Waals surface area contributed by atoms with Crippen LogP contribution < -0.4 is 14.8 Å². The molecule has 0 saturated carbocycles. The molecule has 2 aromatic carbocycles. The number of nitrogens with one attached hydrogen (secondary N) is 1. The molecule has 5 heteroatoms. The van der Waals surface area contributed by atoms with E-state index in [4.69, 9.17) is 14.5 Å². The van der Waals surface area contributed by atoms with Gasteiger partial charge in [-0.1, -0.05) is 36.0 Å². The Morgan fingerprint density at radius 3 is 2.24 bits per heavy atom. The summed E-state index contributed by atoms with van der Waals surface area (Å²) in [5.74, 6) is 1.75. The topological polar surface area (TPSA) is 42.8 Å². The van der Waals surface area contributed by atoms with Crippen LogP contribution in [-0.4, -0.2) is 25.6 Å². The molecule has 1 aliphatic carbocycles. The molecule has 2 aliphatic rings. The number of hydrogen-bond acceptors (Lipinski definition) is 5. The third-order valence-electron chi connectivity index (χ3n) is 5.42. The summed E-state index contributed by atoms with van der Waals surface area (Å²) in [5, 5.41) is 4.56. The third kappa shape index (κ3) is 4.20. The van der Waals surface area contributed by atoms with Gasteiger partial charge in [0, 0.05) is 5.70 Å². The zero-order chi connectivity index (χ0) is 20.2. The molecule has 1 aliphatic heterocycles. The van der Waals surface area contributed by atoms with E-state index in [1.54, 1.807) is 26.0 Å². The largest absolute Gasteiger partial charge is 0.497 e. The average molecular weight is 407 g/mol. The van der Waals surface area contributed by atoms with E-state index in [2.05, 4.69) is 41.9 Å². The first-order valence-electron chi connectivity index (χ1n) is 9.82. The molecule has 0 fully saturated rings. The Labute approximate surface area is 176 Å². The Kier molecular flexibility index (Phi) is 5.95. The second-order valence-electron chi connectivity index (χ2n) is 7.14. The number of allylic oxidation sites excluding steroid dienone is 1. The van der Waals surface area contributed by atoms with Crippen LogP contribution in [0.15, 0.2) is 70.4 Å². The maximum Gasteiger partial charge on any atom is 0.161 e. The Balaban J connectivity index is 1.72. The van der Waals surface area contributed by atoms with Crippen LogP contribution in [0.1, 0.15) is 36.4 Å². The number of thioether (sulfide) groups is 1. The van der Waals surface area contributed by atoms with Crippen molar-refractivity contribution in [2.24, 2.45) is 4.99 Å². The van der Waals surface area contributed by atoms with E-state index in [1.165, 1.54) is 28.0 Å². The second kappa shape index (κ2) is 8.78. The molecule has 150 valence electrons. The summed E-state index contributed by atoms with van der Waals surface area (Å²) in [6.07, 6.45) is 7.62. The van der Waals surface area contributed by atoms with Crippen LogP contribution >= 0.6 is 11.8 Å². The van der Waals surface area contributed by atoms with Gasteiger partial charge >= 0.3 is 0 Å². The fourth-order valence-electron chi connectivity index (χ4n) is 3.91. The normalized spacial score (nSPS) is 20.0. The number of aliphatic imine (C=N–C) groups is 1. The van der Waals surface area contributed by atoms with Gasteiger partial charge < -0.3 is 14.8 Å². The van der Waals surface area contributed by atoms with E-state index in [1.807, 2.05) is 24.3 Å². The molecule has 4 rings (SSSR count). The zero-order valence-corrected chi connectivity index (χ0v) is 17.9. The second-order valence-corrected chi connectivity index (χ2v) is 7.93. The molecule has 0 saturated heterocycles. The lowest BCUT2D eigenvalue weighted by Gasteiger charge is -2.32. The highest BCUT2D eigenvalue weighted by Crippen LogP contribution is 2.41. The molecule has 1 unspecified atom stereocenters. The van der Waals surface area contributed by atoms with E-state index in [0.29, 0.717) is 0 Å². The Morgan fingerprint density at radius 1 is 0.966 bits per heavy atom. The molecule has 4 nitrogen and oxygen atoms in total. The number of nitrogens with zero attached hydrogens (tertiary/aromatic N) is 1. The van der Waals surface area contributed by atoms with Gasteiger partial charge in [-0.3, -0.25) is 0 Å². The van der Waals surface area contributed by atoms with Crippen LogP contribution in [0.25, 0.3) is 6.08 Å². The average Bonchev–Trinajstić information content (AvgIpc) is 2.79. The Morgan fingerprint density at radius 2 is 1.62 bits per heavy atom. The van der Waals surface area contributed by atoms with Crippen molar-refractivity contribution in [1.29, 1.82) is 0 Å². The first kappa shape index (κ1) is 19.6. The van der Waals surface area contributed by atoms with Crippen molar-refractivity contribution >= 4 is 23.0 Å². The molecule has 29 heavy (non-hydrogen) atoms. The highest BCUT2D eigenvalue weighted by molar-refractivity contribution is 8.13. The summed E-state index contributed by atoms with van der Waals surface area (Å²) in [7, 11) is 3.39. The molecule has 0 amide bonds. The van der Waals surface area contributed by atoms with E-state index < -0.39 is 0 Å². The van der Waals surface area contributed by atoms with Crippen molar-refractivity contribution in [1.82, 2.24) is 5.32 Å². The highest BCUT2D eigenvalue weighted by atomic mass is 32.2. The molecule has 1 heterocycles. The van der Waals surface area contributed by atoms with Crippen molar-refractivity contribution in [2.45, 2.75) is 25.3 Å². The van der Waals surface area contributed by atoms with Crippen LogP contribution in [-0.2, 0) is 0 Å². The molecule has 2 aromatic rings. The smallest absolute Gasteiger partial charge is 0.161 e. The van der Waals surface area contributed by atoms with Crippen molar-refractivity contribution < 1.29 is 9.47 Å². The van der Waals surface area contributed by atoms with E-state index in [9.17, 15) is 0 Å². The van der Waals surface area contributed by atoms with Gasteiger partial charge in [0.15, 0.2) is 5.17 Å². The quantitative estimate of drug-likeness (QED) is 0.719. The summed E-state index contributed by atoms with van der Waals surface area (Å²) in [6, 6.07) is 16.6. The van der Waals surface area contributed by atoms with Crippen molar-refractivity contribution in [3.63, 3.8) is 0 Å². The lowest BCUT2D eigenvalue weighted by Crippen LogP contribution is -2.30. The predicted molar refractivity (Wildman–Crippen MR) is 122 cm³/mol. The van der Waals surface area contributed by atoms with Gasteiger partial charge in [0.2, 0.25) is 0 Å². The molecule has 0 bridgehead atoms. The van der Waals surface area contributed by atoms with Gasteiger partial charge in [0.25, 0.3) is 0 Å². The van der Waals surface area contributed by atoms with Gasteiger partial charge in [0.05, 0.1) is 14.2 Å². The number of rotatable bonds is 4. The van der Waals surface area contributed by atoms with Crippen LogP contribution in [0.2, 0.25) is 0 Å². The van der Waals surface area contributed by atoms with Crippen LogP contribution in [0.5, 0.6) is 11.5 Å². The van der Waals surface area contributed by atoms with Gasteiger partial charge in [0.1, 0.15) is 17.5 Å². The van der Waals surface area contributed by atoms with Crippen molar-refractivity contribution in [3.8, 4) is 11.5 Å². The minimum Gasteiger partial charge on any atom is -0.497 e. The maximum atomic E-state index is 5.32. The number of methoxy groups -OCH3 is 2. The zero-order valence-electron chi connectivity index (χ0n) is 17.1. The number of ether oxygens (including phenoxy) is 2. The summed E-state index contributed by atoms with van der Waals surface area (Å²) in [6.45, 7) is 0. The van der Waals surface area contributed by atoms with E-state index >= 15 is 0 Å². The summed E-state index contributed by atoms with van der Waals surface area (Å²) >= 11 is 1.66. The van der Waals surface area contributed by atoms with E-state index in [-0.39, 0.29) is 6.04 Å². The lowest BCUT2D eigenvalue weighted by molar-refractivity contribution is 0.414. The molecule has 0 aromatic heterocycles. The number of hydrogen-bond donors (Lipinski definition) is 1. The van der Waals surface area contributed by atoms with Gasteiger partial charge in [-0.2, -0.15) is 0 Å². The van der Waals surface area contributed by atoms with Crippen LogP contribution in [0, 0.1) is 0 Å². The number of amidine groups is 1. The Bertz CT molecular complexity index is 959. The summed E-state index contributed by atoms with van der Waals surface area (Å²) in [4.78, 5) is 5.00.